The van der Waals surface area contributed by atoms with Crippen molar-refractivity contribution in [3.63, 3.8) is 0 Å². The zero-order valence-electron chi connectivity index (χ0n) is 11.9. The highest BCUT2D eigenvalue weighted by molar-refractivity contribution is 6.30. The zero-order valence-corrected chi connectivity index (χ0v) is 12.7. The van der Waals surface area contributed by atoms with Crippen molar-refractivity contribution in [3.8, 4) is 5.75 Å². The summed E-state index contributed by atoms with van der Waals surface area (Å²) in [6.45, 7) is 2.99. The Bertz CT molecular complexity index is 556. The Morgan fingerprint density at radius 2 is 1.95 bits per heavy atom. The van der Waals surface area contributed by atoms with Crippen LogP contribution < -0.4 is 10.1 Å². The average Bonchev–Trinajstić information content (AvgIpc) is 2.46. The average molecular weight is 290 g/mol. The summed E-state index contributed by atoms with van der Waals surface area (Å²) in [6, 6.07) is 16.4. The predicted octanol–water partition coefficient (Wildman–Crippen LogP) is 4.07. The molecule has 0 aliphatic carbocycles. The van der Waals surface area contributed by atoms with Crippen molar-refractivity contribution in [2.45, 2.75) is 25.9 Å². The van der Waals surface area contributed by atoms with Crippen LogP contribution in [0.4, 0.5) is 0 Å². The maximum atomic E-state index is 5.99. The molecule has 0 saturated carbocycles. The van der Waals surface area contributed by atoms with E-state index in [2.05, 4.69) is 24.4 Å². The summed E-state index contributed by atoms with van der Waals surface area (Å²) < 4.78 is 5.38. The summed E-state index contributed by atoms with van der Waals surface area (Å²) in [4.78, 5) is 0. The molecule has 1 atom stereocenters. The van der Waals surface area contributed by atoms with Gasteiger partial charge in [-0.05, 0) is 42.7 Å². The van der Waals surface area contributed by atoms with Gasteiger partial charge in [-0.1, -0.05) is 41.9 Å². The first-order valence-electron chi connectivity index (χ1n) is 6.79. The van der Waals surface area contributed by atoms with Gasteiger partial charge in [0.25, 0.3) is 0 Å². The minimum absolute atomic E-state index is 0.366. The van der Waals surface area contributed by atoms with Crippen LogP contribution in [0.15, 0.2) is 48.5 Å². The topological polar surface area (TPSA) is 21.3 Å². The van der Waals surface area contributed by atoms with Crippen LogP contribution in [0.25, 0.3) is 0 Å². The lowest BCUT2D eigenvalue weighted by Crippen LogP contribution is -2.27. The quantitative estimate of drug-likeness (QED) is 0.865. The van der Waals surface area contributed by atoms with Crippen molar-refractivity contribution in [2.75, 3.05) is 7.11 Å². The molecule has 0 aromatic heterocycles. The number of rotatable bonds is 6. The number of nitrogens with one attached hydrogen (secondary N) is 1. The molecule has 2 nitrogen and oxygen atoms in total. The molecule has 0 spiro atoms. The molecule has 0 heterocycles. The lowest BCUT2D eigenvalue weighted by Gasteiger charge is -2.16. The van der Waals surface area contributed by atoms with E-state index in [0.717, 1.165) is 23.7 Å². The molecule has 1 unspecified atom stereocenters. The van der Waals surface area contributed by atoms with Gasteiger partial charge in [-0.25, -0.2) is 0 Å². The van der Waals surface area contributed by atoms with E-state index in [4.69, 9.17) is 16.3 Å². The second-order valence-corrected chi connectivity index (χ2v) is 5.36. The molecule has 3 heteroatoms. The summed E-state index contributed by atoms with van der Waals surface area (Å²) in [5, 5.41) is 4.29. The fourth-order valence-electron chi connectivity index (χ4n) is 2.21. The van der Waals surface area contributed by atoms with Gasteiger partial charge < -0.3 is 10.1 Å². The van der Waals surface area contributed by atoms with Crippen molar-refractivity contribution >= 4 is 11.6 Å². The molecular formula is C17H20ClNO. The van der Waals surface area contributed by atoms with E-state index in [1.54, 1.807) is 7.11 Å². The standard InChI is InChI=1S/C17H20ClNO/c1-13(10-15-7-3-4-9-17(15)20-2)19-12-14-6-5-8-16(18)11-14/h3-9,11,13,19H,10,12H2,1-2H3. The fraction of sp³-hybridized carbons (Fsp3) is 0.294. The molecule has 1 N–H and O–H groups in total. The second kappa shape index (κ2) is 7.32. The first-order valence-corrected chi connectivity index (χ1v) is 7.16. The monoisotopic (exact) mass is 289 g/mol. The van der Waals surface area contributed by atoms with Gasteiger partial charge in [-0.2, -0.15) is 0 Å². The second-order valence-electron chi connectivity index (χ2n) is 4.93. The third-order valence-electron chi connectivity index (χ3n) is 3.26. The fourth-order valence-corrected chi connectivity index (χ4v) is 2.43. The Balaban J connectivity index is 1.91. The normalized spacial score (nSPS) is 12.2. The van der Waals surface area contributed by atoms with Crippen LogP contribution in [0, 0.1) is 0 Å². The van der Waals surface area contributed by atoms with E-state index >= 15 is 0 Å². The lowest BCUT2D eigenvalue weighted by atomic mass is 10.1. The number of hydrogen-bond donors (Lipinski definition) is 1. The van der Waals surface area contributed by atoms with E-state index in [1.807, 2.05) is 36.4 Å². The first-order chi connectivity index (χ1) is 9.69. The molecular weight excluding hydrogens is 270 g/mol. The highest BCUT2D eigenvalue weighted by atomic mass is 35.5. The van der Waals surface area contributed by atoms with Crippen molar-refractivity contribution in [1.82, 2.24) is 5.32 Å². The van der Waals surface area contributed by atoms with Gasteiger partial charge in [0.05, 0.1) is 7.11 Å². The number of para-hydroxylation sites is 1. The molecule has 0 aliphatic rings. The van der Waals surface area contributed by atoms with E-state index in [0.29, 0.717) is 6.04 Å². The summed E-state index contributed by atoms with van der Waals surface area (Å²) >= 11 is 5.99. The summed E-state index contributed by atoms with van der Waals surface area (Å²) in [5.41, 5.74) is 2.42. The molecule has 2 aromatic rings. The summed E-state index contributed by atoms with van der Waals surface area (Å²) in [6.07, 6.45) is 0.935. The molecule has 0 fully saturated rings. The number of hydrogen-bond acceptors (Lipinski definition) is 2. The third-order valence-corrected chi connectivity index (χ3v) is 3.50. The van der Waals surface area contributed by atoms with Gasteiger partial charge in [0.2, 0.25) is 0 Å². The minimum atomic E-state index is 0.366. The predicted molar refractivity (Wildman–Crippen MR) is 84.5 cm³/mol. The molecule has 2 aromatic carbocycles. The van der Waals surface area contributed by atoms with Crippen molar-refractivity contribution in [2.24, 2.45) is 0 Å². The zero-order chi connectivity index (χ0) is 14.4. The molecule has 0 aliphatic heterocycles. The van der Waals surface area contributed by atoms with Crippen LogP contribution in [0.3, 0.4) is 0 Å². The van der Waals surface area contributed by atoms with Crippen molar-refractivity contribution in [1.29, 1.82) is 0 Å². The van der Waals surface area contributed by atoms with E-state index in [-0.39, 0.29) is 0 Å². The number of ether oxygens (including phenoxy) is 1. The van der Waals surface area contributed by atoms with Crippen LogP contribution >= 0.6 is 11.6 Å². The SMILES string of the molecule is COc1ccccc1CC(C)NCc1cccc(Cl)c1. The highest BCUT2D eigenvalue weighted by Gasteiger charge is 2.07. The number of methoxy groups -OCH3 is 1. The molecule has 0 saturated heterocycles. The van der Waals surface area contributed by atoms with Gasteiger partial charge in [0, 0.05) is 17.6 Å². The Labute approximate surface area is 125 Å². The van der Waals surface area contributed by atoms with Crippen LogP contribution in [-0.2, 0) is 13.0 Å². The maximum absolute atomic E-state index is 5.99. The van der Waals surface area contributed by atoms with Crippen molar-refractivity contribution < 1.29 is 4.74 Å². The van der Waals surface area contributed by atoms with Crippen molar-refractivity contribution in [3.05, 3.63) is 64.7 Å². The van der Waals surface area contributed by atoms with Gasteiger partial charge in [-0.3, -0.25) is 0 Å². The minimum Gasteiger partial charge on any atom is -0.496 e. The van der Waals surface area contributed by atoms with E-state index < -0.39 is 0 Å². The van der Waals surface area contributed by atoms with Gasteiger partial charge in [0.15, 0.2) is 0 Å². The maximum Gasteiger partial charge on any atom is 0.122 e. The van der Waals surface area contributed by atoms with Crippen LogP contribution in [0.5, 0.6) is 5.75 Å². The van der Waals surface area contributed by atoms with Gasteiger partial charge >= 0.3 is 0 Å². The van der Waals surface area contributed by atoms with Crippen LogP contribution in [0.1, 0.15) is 18.1 Å². The van der Waals surface area contributed by atoms with E-state index in [1.165, 1.54) is 11.1 Å². The Morgan fingerprint density at radius 3 is 2.70 bits per heavy atom. The first kappa shape index (κ1) is 14.9. The van der Waals surface area contributed by atoms with Gasteiger partial charge in [0.1, 0.15) is 5.75 Å². The lowest BCUT2D eigenvalue weighted by molar-refractivity contribution is 0.406. The number of halogens is 1. The number of benzene rings is 2. The Hall–Kier alpha value is -1.51. The third kappa shape index (κ3) is 4.26. The molecule has 106 valence electrons. The molecule has 0 amide bonds. The summed E-state index contributed by atoms with van der Waals surface area (Å²) in [7, 11) is 1.71. The largest absolute Gasteiger partial charge is 0.496 e. The molecule has 0 bridgehead atoms. The van der Waals surface area contributed by atoms with Crippen LogP contribution in [-0.4, -0.2) is 13.2 Å². The van der Waals surface area contributed by atoms with Crippen LogP contribution in [0.2, 0.25) is 5.02 Å². The molecule has 20 heavy (non-hydrogen) atoms. The van der Waals surface area contributed by atoms with E-state index in [9.17, 15) is 0 Å². The molecule has 2 rings (SSSR count). The van der Waals surface area contributed by atoms with Gasteiger partial charge in [-0.15, -0.1) is 0 Å². The Kier molecular flexibility index (Phi) is 5.45. The Morgan fingerprint density at radius 1 is 1.15 bits per heavy atom. The highest BCUT2D eigenvalue weighted by Crippen LogP contribution is 2.19. The smallest absolute Gasteiger partial charge is 0.122 e. The molecule has 0 radical (unpaired) electrons. The summed E-state index contributed by atoms with van der Waals surface area (Å²) in [5.74, 6) is 0.948.